The van der Waals surface area contributed by atoms with Crippen molar-refractivity contribution in [2.75, 3.05) is 7.11 Å². The van der Waals surface area contributed by atoms with E-state index in [9.17, 15) is 9.59 Å². The maximum atomic E-state index is 12.4. The van der Waals surface area contributed by atoms with Gasteiger partial charge in [-0.25, -0.2) is 0 Å². The number of hydrogen-bond donors (Lipinski definition) is 0. The highest BCUT2D eigenvalue weighted by molar-refractivity contribution is 6.67. The van der Waals surface area contributed by atoms with Crippen molar-refractivity contribution in [1.29, 1.82) is 0 Å². The van der Waals surface area contributed by atoms with Crippen molar-refractivity contribution in [1.82, 2.24) is 4.57 Å². The molecule has 1 aromatic heterocycles. The van der Waals surface area contributed by atoms with Gasteiger partial charge in [0.15, 0.2) is 0 Å². The maximum Gasteiger partial charge on any atom is 0.263 e. The van der Waals surface area contributed by atoms with Gasteiger partial charge >= 0.3 is 0 Å². The predicted octanol–water partition coefficient (Wildman–Crippen LogP) is 3.24. The second-order valence-electron chi connectivity index (χ2n) is 5.04. The van der Waals surface area contributed by atoms with E-state index in [1.165, 1.54) is 6.07 Å². The lowest BCUT2D eigenvalue weighted by molar-refractivity contribution is 0.107. The molecule has 0 unspecified atom stereocenters. The molecular formula is C16H14ClNO3. The summed E-state index contributed by atoms with van der Waals surface area (Å²) in [6, 6.07) is 10.9. The largest absolute Gasteiger partial charge is 0.497 e. The van der Waals surface area contributed by atoms with Crippen molar-refractivity contribution in [3.8, 4) is 17.0 Å². The quantitative estimate of drug-likeness (QED) is 0.815. The van der Waals surface area contributed by atoms with E-state index in [1.54, 1.807) is 17.7 Å². The van der Waals surface area contributed by atoms with E-state index in [2.05, 4.69) is 0 Å². The summed E-state index contributed by atoms with van der Waals surface area (Å²) in [6.07, 6.45) is 1.89. The SMILES string of the molecule is COc1ccc(-c2ccc(C(=O)Cl)c(=O)n2C2CC2)cc1. The second kappa shape index (κ2) is 5.37. The van der Waals surface area contributed by atoms with Crippen LogP contribution >= 0.6 is 11.6 Å². The van der Waals surface area contributed by atoms with Crippen molar-refractivity contribution in [3.63, 3.8) is 0 Å². The smallest absolute Gasteiger partial charge is 0.263 e. The molecule has 0 atom stereocenters. The summed E-state index contributed by atoms with van der Waals surface area (Å²) in [5.74, 6) is 0.756. The zero-order chi connectivity index (χ0) is 15.0. The van der Waals surface area contributed by atoms with E-state index < -0.39 is 5.24 Å². The van der Waals surface area contributed by atoms with Crippen LogP contribution in [0.25, 0.3) is 11.3 Å². The standard InChI is InChI=1S/C16H14ClNO3/c1-21-12-6-2-10(3-7-12)14-9-8-13(15(17)19)16(20)18(14)11-4-5-11/h2-3,6-9,11H,4-5H2,1H3. The minimum Gasteiger partial charge on any atom is -0.497 e. The number of pyridine rings is 1. The number of nitrogens with zero attached hydrogens (tertiary/aromatic N) is 1. The average Bonchev–Trinajstić information content (AvgIpc) is 3.31. The molecular weight excluding hydrogens is 290 g/mol. The van der Waals surface area contributed by atoms with Gasteiger partial charge in [0, 0.05) is 6.04 Å². The van der Waals surface area contributed by atoms with Crippen LogP contribution in [0.3, 0.4) is 0 Å². The Kier molecular flexibility index (Phi) is 3.55. The number of methoxy groups -OCH3 is 1. The summed E-state index contributed by atoms with van der Waals surface area (Å²) >= 11 is 5.47. The Labute approximate surface area is 126 Å². The minimum absolute atomic E-state index is 0.0285. The molecule has 1 saturated carbocycles. The van der Waals surface area contributed by atoms with E-state index in [0.29, 0.717) is 0 Å². The van der Waals surface area contributed by atoms with Gasteiger partial charge in [-0.2, -0.15) is 0 Å². The van der Waals surface area contributed by atoms with Crippen LogP contribution in [-0.2, 0) is 0 Å². The van der Waals surface area contributed by atoms with Crippen LogP contribution < -0.4 is 10.3 Å². The third-order valence-corrected chi connectivity index (χ3v) is 3.83. The Hall–Kier alpha value is -2.07. The van der Waals surface area contributed by atoms with Gasteiger partial charge in [-0.05, 0) is 66.4 Å². The molecule has 0 radical (unpaired) electrons. The topological polar surface area (TPSA) is 48.3 Å². The molecule has 21 heavy (non-hydrogen) atoms. The lowest BCUT2D eigenvalue weighted by atomic mass is 10.1. The molecule has 1 aromatic carbocycles. The van der Waals surface area contributed by atoms with Gasteiger partial charge in [0.2, 0.25) is 0 Å². The Balaban J connectivity index is 2.15. The molecule has 1 heterocycles. The third-order valence-electron chi connectivity index (χ3n) is 3.63. The van der Waals surface area contributed by atoms with Crippen LogP contribution in [0, 0.1) is 0 Å². The monoisotopic (exact) mass is 303 g/mol. The first-order valence-corrected chi connectivity index (χ1v) is 7.09. The number of rotatable bonds is 4. The fourth-order valence-corrected chi connectivity index (χ4v) is 2.54. The number of halogens is 1. The number of ether oxygens (including phenoxy) is 1. The fourth-order valence-electron chi connectivity index (χ4n) is 2.39. The molecule has 0 bridgehead atoms. The molecule has 0 saturated heterocycles. The summed E-state index contributed by atoms with van der Waals surface area (Å²) < 4.78 is 6.82. The molecule has 1 fully saturated rings. The molecule has 0 spiro atoms. The van der Waals surface area contributed by atoms with E-state index in [0.717, 1.165) is 29.8 Å². The van der Waals surface area contributed by atoms with Gasteiger partial charge in [-0.3, -0.25) is 9.59 Å². The van der Waals surface area contributed by atoms with Crippen LogP contribution in [0.15, 0.2) is 41.2 Å². The normalized spacial score (nSPS) is 14.0. The zero-order valence-corrected chi connectivity index (χ0v) is 12.3. The Bertz CT molecular complexity index is 745. The molecule has 108 valence electrons. The fraction of sp³-hybridized carbons (Fsp3) is 0.250. The summed E-state index contributed by atoms with van der Waals surface area (Å²) in [5, 5.41) is -0.712. The molecule has 5 heteroatoms. The van der Waals surface area contributed by atoms with Gasteiger partial charge in [-0.1, -0.05) is 0 Å². The molecule has 1 aliphatic carbocycles. The van der Waals surface area contributed by atoms with Crippen LogP contribution in [0.1, 0.15) is 29.2 Å². The van der Waals surface area contributed by atoms with Crippen molar-refractivity contribution in [3.05, 3.63) is 52.3 Å². The van der Waals surface area contributed by atoms with Crippen molar-refractivity contribution < 1.29 is 9.53 Å². The third kappa shape index (κ3) is 2.59. The Morgan fingerprint density at radius 1 is 1.19 bits per heavy atom. The Morgan fingerprint density at radius 3 is 2.38 bits per heavy atom. The molecule has 3 rings (SSSR count). The molecule has 2 aromatic rings. The number of carbonyl (C=O) groups excluding carboxylic acids is 1. The van der Waals surface area contributed by atoms with E-state index in [1.807, 2.05) is 24.3 Å². The lowest BCUT2D eigenvalue weighted by Crippen LogP contribution is -2.25. The van der Waals surface area contributed by atoms with Crippen molar-refractivity contribution >= 4 is 16.8 Å². The Morgan fingerprint density at radius 2 is 1.86 bits per heavy atom. The van der Waals surface area contributed by atoms with E-state index >= 15 is 0 Å². The number of hydrogen-bond acceptors (Lipinski definition) is 3. The van der Waals surface area contributed by atoms with Gasteiger partial charge in [-0.15, -0.1) is 0 Å². The van der Waals surface area contributed by atoms with Crippen molar-refractivity contribution in [2.24, 2.45) is 0 Å². The number of aromatic nitrogens is 1. The van der Waals surface area contributed by atoms with E-state index in [4.69, 9.17) is 16.3 Å². The average molecular weight is 304 g/mol. The van der Waals surface area contributed by atoms with Crippen LogP contribution in [0.4, 0.5) is 0 Å². The lowest BCUT2D eigenvalue weighted by Gasteiger charge is -2.13. The summed E-state index contributed by atoms with van der Waals surface area (Å²) in [5.41, 5.74) is 1.42. The highest BCUT2D eigenvalue weighted by Gasteiger charge is 2.28. The maximum absolute atomic E-state index is 12.4. The molecule has 4 nitrogen and oxygen atoms in total. The first-order chi connectivity index (χ1) is 10.1. The first kappa shape index (κ1) is 13.9. The molecule has 0 amide bonds. The second-order valence-corrected chi connectivity index (χ2v) is 5.38. The van der Waals surface area contributed by atoms with Gasteiger partial charge in [0.1, 0.15) is 5.75 Å². The molecule has 1 aliphatic rings. The minimum atomic E-state index is -0.712. The zero-order valence-electron chi connectivity index (χ0n) is 11.5. The van der Waals surface area contributed by atoms with Gasteiger partial charge in [0.05, 0.1) is 18.4 Å². The highest BCUT2D eigenvalue weighted by Crippen LogP contribution is 2.37. The first-order valence-electron chi connectivity index (χ1n) is 6.71. The van der Waals surface area contributed by atoms with Crippen LogP contribution in [0.5, 0.6) is 5.75 Å². The number of benzene rings is 1. The van der Waals surface area contributed by atoms with Gasteiger partial charge in [0.25, 0.3) is 10.8 Å². The molecule has 0 N–H and O–H groups in total. The summed E-state index contributed by atoms with van der Waals surface area (Å²) in [6.45, 7) is 0. The molecule has 0 aliphatic heterocycles. The van der Waals surface area contributed by atoms with Crippen LogP contribution in [-0.4, -0.2) is 16.9 Å². The van der Waals surface area contributed by atoms with Gasteiger partial charge < -0.3 is 9.30 Å². The number of carbonyl (C=O) groups is 1. The highest BCUT2D eigenvalue weighted by atomic mass is 35.5. The van der Waals surface area contributed by atoms with Crippen LogP contribution in [0.2, 0.25) is 0 Å². The summed E-state index contributed by atoms with van der Waals surface area (Å²) in [7, 11) is 1.61. The van der Waals surface area contributed by atoms with Crippen molar-refractivity contribution in [2.45, 2.75) is 18.9 Å². The van der Waals surface area contributed by atoms with E-state index in [-0.39, 0.29) is 17.2 Å². The predicted molar refractivity (Wildman–Crippen MR) is 81.1 cm³/mol. The summed E-state index contributed by atoms with van der Waals surface area (Å²) in [4.78, 5) is 23.8.